The molecule has 0 heterocycles. The van der Waals surface area contributed by atoms with E-state index in [2.05, 4.69) is 63.0 Å². The van der Waals surface area contributed by atoms with E-state index in [1.54, 1.807) is 0 Å². The summed E-state index contributed by atoms with van der Waals surface area (Å²) in [6, 6.07) is 16.9. The van der Waals surface area contributed by atoms with Crippen molar-refractivity contribution < 1.29 is 0 Å². The first-order valence-corrected chi connectivity index (χ1v) is 7.76. The van der Waals surface area contributed by atoms with E-state index < -0.39 is 0 Å². The molecule has 2 aromatic rings. The van der Waals surface area contributed by atoms with Crippen molar-refractivity contribution in [2.24, 2.45) is 4.99 Å². The number of nitrogens with zero attached hydrogens (tertiary/aromatic N) is 1. The van der Waals surface area contributed by atoms with Gasteiger partial charge in [0.05, 0.1) is 6.54 Å². The average molecular weight is 279 g/mol. The van der Waals surface area contributed by atoms with E-state index in [4.69, 9.17) is 0 Å². The minimum Gasteiger partial charge on any atom is -0.288 e. The lowest BCUT2D eigenvalue weighted by Gasteiger charge is -2.18. The smallest absolute Gasteiger partial charge is 0.0645 e. The third-order valence-electron chi connectivity index (χ3n) is 3.78. The van der Waals surface area contributed by atoms with E-state index in [0.717, 1.165) is 12.1 Å². The Morgan fingerprint density at radius 1 is 0.810 bits per heavy atom. The minimum absolute atomic E-state index is 0.533. The lowest BCUT2D eigenvalue weighted by molar-refractivity contribution is 0.796. The molecule has 0 unspecified atom stereocenters. The molecule has 0 N–H and O–H groups in total. The standard InChI is InChI=1S/C20H25N/c1-15(2)18-11-8-12-19(16(3)4)20(18)14-21-13-17-9-6-5-7-10-17/h5-13,15-16H,14H2,1-4H3. The van der Waals surface area contributed by atoms with Crippen LogP contribution in [0.3, 0.4) is 0 Å². The second-order valence-electron chi connectivity index (χ2n) is 6.10. The maximum atomic E-state index is 4.67. The zero-order valence-electron chi connectivity index (χ0n) is 13.5. The first kappa shape index (κ1) is 15.5. The number of hydrogen-bond acceptors (Lipinski definition) is 1. The molecule has 0 aliphatic carbocycles. The van der Waals surface area contributed by atoms with E-state index in [0.29, 0.717) is 11.8 Å². The van der Waals surface area contributed by atoms with Crippen LogP contribution < -0.4 is 0 Å². The Hall–Kier alpha value is -1.89. The van der Waals surface area contributed by atoms with Crippen molar-refractivity contribution in [2.75, 3.05) is 0 Å². The van der Waals surface area contributed by atoms with Gasteiger partial charge in [-0.05, 0) is 34.1 Å². The van der Waals surface area contributed by atoms with Crippen LogP contribution in [0.15, 0.2) is 53.5 Å². The van der Waals surface area contributed by atoms with Crippen molar-refractivity contribution in [2.45, 2.75) is 46.1 Å². The van der Waals surface area contributed by atoms with Gasteiger partial charge in [0.2, 0.25) is 0 Å². The van der Waals surface area contributed by atoms with Gasteiger partial charge >= 0.3 is 0 Å². The summed E-state index contributed by atoms with van der Waals surface area (Å²) in [6.45, 7) is 9.78. The van der Waals surface area contributed by atoms with Crippen LogP contribution >= 0.6 is 0 Å². The third kappa shape index (κ3) is 4.04. The number of rotatable bonds is 5. The van der Waals surface area contributed by atoms with Gasteiger partial charge in [0.1, 0.15) is 0 Å². The second-order valence-corrected chi connectivity index (χ2v) is 6.10. The fourth-order valence-electron chi connectivity index (χ4n) is 2.67. The zero-order chi connectivity index (χ0) is 15.2. The van der Waals surface area contributed by atoms with E-state index in [1.807, 2.05) is 24.4 Å². The van der Waals surface area contributed by atoms with Crippen LogP contribution in [-0.4, -0.2) is 6.21 Å². The molecule has 1 heteroatoms. The predicted octanol–water partition coefficient (Wildman–Crippen LogP) is 5.55. The normalized spacial score (nSPS) is 11.7. The first-order chi connectivity index (χ1) is 10.1. The van der Waals surface area contributed by atoms with E-state index >= 15 is 0 Å². The third-order valence-corrected chi connectivity index (χ3v) is 3.78. The summed E-state index contributed by atoms with van der Waals surface area (Å²) >= 11 is 0. The maximum absolute atomic E-state index is 4.67. The van der Waals surface area contributed by atoms with Gasteiger partial charge < -0.3 is 0 Å². The summed E-state index contributed by atoms with van der Waals surface area (Å²) in [7, 11) is 0. The van der Waals surface area contributed by atoms with Crippen LogP contribution in [0.25, 0.3) is 0 Å². The lowest BCUT2D eigenvalue weighted by Crippen LogP contribution is -2.02. The van der Waals surface area contributed by atoms with Gasteiger partial charge in [-0.2, -0.15) is 0 Å². The SMILES string of the molecule is CC(C)c1cccc(C(C)C)c1CN=Cc1ccccc1. The number of aliphatic imine (C=N–C) groups is 1. The van der Waals surface area contributed by atoms with Crippen molar-refractivity contribution in [1.29, 1.82) is 0 Å². The summed E-state index contributed by atoms with van der Waals surface area (Å²) in [4.78, 5) is 4.67. The highest BCUT2D eigenvalue weighted by molar-refractivity contribution is 5.79. The molecule has 0 amide bonds. The monoisotopic (exact) mass is 279 g/mol. The molecule has 21 heavy (non-hydrogen) atoms. The molecule has 1 nitrogen and oxygen atoms in total. The fraction of sp³-hybridized carbons (Fsp3) is 0.350. The molecule has 0 bridgehead atoms. The molecule has 110 valence electrons. The summed E-state index contributed by atoms with van der Waals surface area (Å²) in [5, 5.41) is 0. The minimum atomic E-state index is 0.533. The van der Waals surface area contributed by atoms with Crippen LogP contribution in [0.4, 0.5) is 0 Å². The van der Waals surface area contributed by atoms with Gasteiger partial charge in [0.25, 0.3) is 0 Å². The van der Waals surface area contributed by atoms with Crippen LogP contribution in [0.1, 0.15) is 61.8 Å². The quantitative estimate of drug-likeness (QED) is 0.636. The van der Waals surface area contributed by atoms with Gasteiger partial charge in [0, 0.05) is 6.21 Å². The Morgan fingerprint density at radius 2 is 1.38 bits per heavy atom. The zero-order valence-corrected chi connectivity index (χ0v) is 13.5. The van der Waals surface area contributed by atoms with Gasteiger partial charge in [0.15, 0.2) is 0 Å². The molecule has 2 rings (SSSR count). The molecule has 0 spiro atoms. The molecular formula is C20H25N. The van der Waals surface area contributed by atoms with Gasteiger partial charge in [-0.25, -0.2) is 0 Å². The molecule has 0 atom stereocenters. The van der Waals surface area contributed by atoms with E-state index in [-0.39, 0.29) is 0 Å². The van der Waals surface area contributed by atoms with Crippen molar-refractivity contribution >= 4 is 6.21 Å². The highest BCUT2D eigenvalue weighted by Crippen LogP contribution is 2.28. The van der Waals surface area contributed by atoms with Crippen molar-refractivity contribution in [1.82, 2.24) is 0 Å². The van der Waals surface area contributed by atoms with Crippen LogP contribution in [0.2, 0.25) is 0 Å². The number of benzene rings is 2. The molecule has 0 saturated heterocycles. The van der Waals surface area contributed by atoms with Gasteiger partial charge in [-0.1, -0.05) is 76.2 Å². The summed E-state index contributed by atoms with van der Waals surface area (Å²) in [5.41, 5.74) is 5.40. The molecule has 0 aliphatic heterocycles. The molecule has 0 saturated carbocycles. The molecule has 0 radical (unpaired) electrons. The van der Waals surface area contributed by atoms with Crippen LogP contribution in [0.5, 0.6) is 0 Å². The van der Waals surface area contributed by atoms with E-state index in [9.17, 15) is 0 Å². The second kappa shape index (κ2) is 7.21. The Bertz CT molecular complexity index is 568. The largest absolute Gasteiger partial charge is 0.288 e. The highest BCUT2D eigenvalue weighted by Gasteiger charge is 2.12. The van der Waals surface area contributed by atoms with Crippen molar-refractivity contribution in [3.05, 3.63) is 70.8 Å². The lowest BCUT2D eigenvalue weighted by atomic mass is 9.89. The topological polar surface area (TPSA) is 12.4 Å². The summed E-state index contributed by atoms with van der Waals surface area (Å²) in [5.74, 6) is 1.07. The number of hydrogen-bond donors (Lipinski definition) is 0. The maximum Gasteiger partial charge on any atom is 0.0645 e. The Morgan fingerprint density at radius 3 is 1.90 bits per heavy atom. The average Bonchev–Trinajstić information content (AvgIpc) is 2.48. The summed E-state index contributed by atoms with van der Waals surface area (Å²) in [6.07, 6.45) is 1.97. The molecular weight excluding hydrogens is 254 g/mol. The van der Waals surface area contributed by atoms with Crippen molar-refractivity contribution in [3.8, 4) is 0 Å². The Balaban J connectivity index is 2.27. The van der Waals surface area contributed by atoms with Crippen molar-refractivity contribution in [3.63, 3.8) is 0 Å². The van der Waals surface area contributed by atoms with Crippen LogP contribution in [-0.2, 0) is 6.54 Å². The Labute approximate surface area is 128 Å². The van der Waals surface area contributed by atoms with Gasteiger partial charge in [-0.3, -0.25) is 4.99 Å². The molecule has 2 aromatic carbocycles. The molecule has 0 fully saturated rings. The first-order valence-electron chi connectivity index (χ1n) is 7.76. The van der Waals surface area contributed by atoms with Crippen LogP contribution in [0, 0.1) is 0 Å². The Kier molecular flexibility index (Phi) is 5.32. The van der Waals surface area contributed by atoms with E-state index in [1.165, 1.54) is 16.7 Å². The molecule has 0 aromatic heterocycles. The fourth-order valence-corrected chi connectivity index (χ4v) is 2.67. The summed E-state index contributed by atoms with van der Waals surface area (Å²) < 4.78 is 0. The predicted molar refractivity (Wildman–Crippen MR) is 92.4 cm³/mol. The highest BCUT2D eigenvalue weighted by atomic mass is 14.7. The molecule has 0 aliphatic rings. The van der Waals surface area contributed by atoms with Gasteiger partial charge in [-0.15, -0.1) is 0 Å².